The lowest BCUT2D eigenvalue weighted by Crippen LogP contribution is -2.40. The Hall–Kier alpha value is -4.86. The number of nitrogens with zero attached hydrogens (tertiary/aromatic N) is 6. The van der Waals surface area contributed by atoms with Gasteiger partial charge in [0.25, 0.3) is 11.2 Å². The van der Waals surface area contributed by atoms with Gasteiger partial charge in [-0.25, -0.2) is 18.1 Å². The highest BCUT2D eigenvalue weighted by Crippen LogP contribution is 2.39. The zero-order valence-electron chi connectivity index (χ0n) is 22.4. The average molecular weight is 597 g/mol. The fraction of sp³-hybridized carbons (Fsp3) is 0.185. The van der Waals surface area contributed by atoms with Crippen molar-refractivity contribution >= 4 is 27.2 Å². The van der Waals surface area contributed by atoms with Gasteiger partial charge >= 0.3 is 5.69 Å². The van der Waals surface area contributed by atoms with Crippen molar-refractivity contribution in [2.75, 3.05) is 21.2 Å². The van der Waals surface area contributed by atoms with Crippen molar-refractivity contribution in [1.29, 1.82) is 0 Å². The Morgan fingerprint density at radius 1 is 1.00 bits per heavy atom. The summed E-state index contributed by atoms with van der Waals surface area (Å²) in [6, 6.07) is 11.5. The van der Waals surface area contributed by atoms with Crippen LogP contribution in [-0.4, -0.2) is 50.1 Å². The van der Waals surface area contributed by atoms with Crippen LogP contribution in [0.25, 0.3) is 26.5 Å². The number of nitro groups is 1. The number of hydroxylamine groups is 3. The Kier molecular flexibility index (Phi) is 7.40. The largest absolute Gasteiger partial charge is 0.633 e. The maximum absolute atomic E-state index is 14.8. The van der Waals surface area contributed by atoms with Gasteiger partial charge in [-0.3, -0.25) is 19.5 Å². The van der Waals surface area contributed by atoms with Gasteiger partial charge in [0.05, 0.1) is 38.1 Å². The van der Waals surface area contributed by atoms with Gasteiger partial charge in [-0.2, -0.15) is 0 Å². The summed E-state index contributed by atoms with van der Waals surface area (Å²) >= 11 is 0.958. The van der Waals surface area contributed by atoms with Crippen molar-refractivity contribution in [3.63, 3.8) is 0 Å². The van der Waals surface area contributed by atoms with Crippen LogP contribution in [-0.2, 0) is 13.1 Å². The van der Waals surface area contributed by atoms with Crippen molar-refractivity contribution < 1.29 is 23.1 Å². The van der Waals surface area contributed by atoms with E-state index in [1.54, 1.807) is 0 Å². The van der Waals surface area contributed by atoms with Crippen molar-refractivity contribution in [2.24, 2.45) is 0 Å². The molecule has 2 aromatic carbocycles. The van der Waals surface area contributed by atoms with Crippen LogP contribution in [0, 0.1) is 27.0 Å². The van der Waals surface area contributed by atoms with E-state index in [0.29, 0.717) is 15.0 Å². The summed E-state index contributed by atoms with van der Waals surface area (Å²) in [4.78, 5) is 39.0. The number of thiophene rings is 1. The molecule has 5 rings (SSSR count). The molecule has 5 aromatic rings. The Bertz CT molecular complexity index is 1930. The monoisotopic (exact) mass is 596 g/mol. The van der Waals surface area contributed by atoms with E-state index in [2.05, 4.69) is 10.2 Å². The van der Waals surface area contributed by atoms with Gasteiger partial charge in [0, 0.05) is 34.2 Å². The van der Waals surface area contributed by atoms with Crippen molar-refractivity contribution in [3.8, 4) is 22.1 Å². The number of ether oxygens (including phenoxy) is 1. The van der Waals surface area contributed by atoms with Gasteiger partial charge in [0.1, 0.15) is 23.0 Å². The molecule has 0 aliphatic heterocycles. The van der Waals surface area contributed by atoms with Crippen LogP contribution in [0.15, 0.2) is 64.2 Å². The number of methoxy groups -OCH3 is 1. The first kappa shape index (κ1) is 28.7. The molecule has 0 aliphatic carbocycles. The number of hydrogen-bond donors (Lipinski definition) is 0. The molecular formula is C27H22F2N6O6S. The number of non-ortho nitro benzene ring substituents is 1. The zero-order chi connectivity index (χ0) is 30.3. The number of nitro benzene ring substituents is 1. The van der Waals surface area contributed by atoms with Crippen LogP contribution >= 0.6 is 11.3 Å². The van der Waals surface area contributed by atoms with Gasteiger partial charge in [0.15, 0.2) is 5.82 Å². The summed E-state index contributed by atoms with van der Waals surface area (Å²) in [6.07, 6.45) is 0. The van der Waals surface area contributed by atoms with Crippen LogP contribution in [0.4, 0.5) is 14.5 Å². The number of hydrogen-bond acceptors (Lipinski definition) is 9. The first-order chi connectivity index (χ1) is 19.9. The lowest BCUT2D eigenvalue weighted by molar-refractivity contribution is -0.853. The molecule has 0 aliphatic rings. The van der Waals surface area contributed by atoms with Crippen LogP contribution in [0.1, 0.15) is 11.1 Å². The second-order valence-corrected chi connectivity index (χ2v) is 10.8. The van der Waals surface area contributed by atoms with Gasteiger partial charge < -0.3 is 14.6 Å². The molecular weight excluding hydrogens is 574 g/mol. The van der Waals surface area contributed by atoms with Gasteiger partial charge in [-0.05, 0) is 35.9 Å². The minimum Gasteiger partial charge on any atom is -0.633 e. The average Bonchev–Trinajstić information content (AvgIpc) is 3.30. The maximum atomic E-state index is 14.8. The molecule has 3 heterocycles. The lowest BCUT2D eigenvalue weighted by Gasteiger charge is -2.33. The summed E-state index contributed by atoms with van der Waals surface area (Å²) in [5.74, 6) is -1.87. The molecule has 42 heavy (non-hydrogen) atoms. The molecule has 0 spiro atoms. The molecule has 12 nitrogen and oxygen atoms in total. The number of aromatic nitrogens is 4. The third-order valence-corrected chi connectivity index (χ3v) is 7.70. The summed E-state index contributed by atoms with van der Waals surface area (Å²) in [6.45, 7) is -0.824. The number of halogens is 2. The third-order valence-electron chi connectivity index (χ3n) is 6.39. The topological polar surface area (TPSA) is 145 Å². The molecule has 0 unspecified atom stereocenters. The minimum atomic E-state index is -0.950. The molecule has 216 valence electrons. The maximum Gasteiger partial charge on any atom is 0.338 e. The molecule has 3 aromatic heterocycles. The Labute approximate surface area is 239 Å². The first-order valence-corrected chi connectivity index (χ1v) is 13.1. The quantitative estimate of drug-likeness (QED) is 0.149. The molecule has 0 saturated carbocycles. The van der Waals surface area contributed by atoms with E-state index in [4.69, 9.17) is 4.74 Å². The SMILES string of the molecule is COc1ccc(-n2c(=O)c3c(C[N+](C)(C)[O-])c(-c4ccc([N+](=O)[O-])cc4)sc3n(Cc3c(F)cccc3F)c2=O)nn1. The summed E-state index contributed by atoms with van der Waals surface area (Å²) in [5, 5.41) is 31.9. The van der Waals surface area contributed by atoms with Crippen molar-refractivity contribution in [2.45, 2.75) is 13.1 Å². The molecule has 0 saturated heterocycles. The van der Waals surface area contributed by atoms with E-state index in [-0.39, 0.29) is 39.7 Å². The van der Waals surface area contributed by atoms with Crippen molar-refractivity contribution in [1.82, 2.24) is 19.3 Å². The smallest absolute Gasteiger partial charge is 0.338 e. The van der Waals surface area contributed by atoms with Crippen LogP contribution in [0.3, 0.4) is 0 Å². The van der Waals surface area contributed by atoms with E-state index in [1.807, 2.05) is 0 Å². The fourth-order valence-corrected chi connectivity index (χ4v) is 5.79. The second kappa shape index (κ2) is 10.8. The first-order valence-electron chi connectivity index (χ1n) is 12.3. The normalized spacial score (nSPS) is 11.7. The fourth-order valence-electron chi connectivity index (χ4n) is 4.49. The number of rotatable bonds is 8. The van der Waals surface area contributed by atoms with Crippen LogP contribution in [0.2, 0.25) is 0 Å². The molecule has 0 fully saturated rings. The molecule has 0 radical (unpaired) electrons. The summed E-state index contributed by atoms with van der Waals surface area (Å²) < 4.78 is 35.4. The third kappa shape index (κ3) is 5.27. The summed E-state index contributed by atoms with van der Waals surface area (Å²) in [7, 11) is 4.08. The van der Waals surface area contributed by atoms with E-state index < -0.39 is 44.6 Å². The van der Waals surface area contributed by atoms with E-state index in [1.165, 1.54) is 63.7 Å². The zero-order valence-corrected chi connectivity index (χ0v) is 23.2. The van der Waals surface area contributed by atoms with Gasteiger partial charge in [-0.15, -0.1) is 21.5 Å². The van der Waals surface area contributed by atoms with E-state index in [9.17, 15) is 33.7 Å². The predicted molar refractivity (Wildman–Crippen MR) is 151 cm³/mol. The molecule has 0 amide bonds. The Balaban J connectivity index is 1.89. The van der Waals surface area contributed by atoms with E-state index in [0.717, 1.165) is 28.0 Å². The molecule has 15 heteroatoms. The van der Waals surface area contributed by atoms with Crippen LogP contribution < -0.4 is 16.0 Å². The highest BCUT2D eigenvalue weighted by molar-refractivity contribution is 7.22. The summed E-state index contributed by atoms with van der Waals surface area (Å²) in [5.41, 5.74) is -1.67. The molecule has 0 bridgehead atoms. The second-order valence-electron chi connectivity index (χ2n) is 9.77. The van der Waals surface area contributed by atoms with E-state index >= 15 is 0 Å². The minimum absolute atomic E-state index is 0.0376. The lowest BCUT2D eigenvalue weighted by atomic mass is 10.1. The molecule has 0 atom stereocenters. The standard InChI is InChI=1S/C27H22F2N6O6S/c1-35(2,40)14-18-23-25(36)33(21-11-12-22(41-3)31-30-21)27(37)32(13-17-19(28)5-4-6-20(17)29)26(23)42-24(18)15-7-9-16(10-8-15)34(38)39/h4-12H,13-14H2,1-3H3. The number of fused-ring (bicyclic) bond motifs is 1. The number of quaternary nitrogens is 1. The highest BCUT2D eigenvalue weighted by atomic mass is 32.1. The molecule has 0 N–H and O–H groups in total. The Morgan fingerprint density at radius 2 is 1.67 bits per heavy atom. The number of benzene rings is 2. The van der Waals surface area contributed by atoms with Crippen molar-refractivity contribution in [3.05, 3.63) is 114 Å². The van der Waals surface area contributed by atoms with Crippen LogP contribution in [0.5, 0.6) is 5.88 Å². The van der Waals surface area contributed by atoms with Gasteiger partial charge in [0.2, 0.25) is 5.88 Å². The Morgan fingerprint density at radius 3 is 2.21 bits per heavy atom. The van der Waals surface area contributed by atoms with Gasteiger partial charge in [-0.1, -0.05) is 6.07 Å². The highest BCUT2D eigenvalue weighted by Gasteiger charge is 2.27. The predicted octanol–water partition coefficient (Wildman–Crippen LogP) is 3.99.